The van der Waals surface area contributed by atoms with Gasteiger partial charge < -0.3 is 9.64 Å². The minimum absolute atomic E-state index is 0.599. The van der Waals surface area contributed by atoms with Crippen molar-refractivity contribution >= 4 is 29.1 Å². The zero-order valence-corrected chi connectivity index (χ0v) is 8.37. The minimum atomic E-state index is 0.599. The lowest BCUT2D eigenvalue weighted by molar-refractivity contribution is 0.392. The van der Waals surface area contributed by atoms with Crippen LogP contribution in [0, 0.1) is 0 Å². The second-order valence-corrected chi connectivity index (χ2v) is 3.93. The van der Waals surface area contributed by atoms with Crippen LogP contribution in [0.2, 0.25) is 0 Å². The normalized spacial score (nSPS) is 9.82. The van der Waals surface area contributed by atoms with Crippen molar-refractivity contribution in [3.63, 3.8) is 0 Å². The van der Waals surface area contributed by atoms with Crippen LogP contribution in [0.1, 0.15) is 0 Å². The summed E-state index contributed by atoms with van der Waals surface area (Å²) < 4.78 is 5.79. The molecule has 0 aliphatic carbocycles. The predicted octanol–water partition coefficient (Wildman–Crippen LogP) is 1.51. The van der Waals surface area contributed by atoms with Gasteiger partial charge >= 0.3 is 0 Å². The van der Waals surface area contributed by atoms with Crippen LogP contribution < -0.4 is 9.64 Å². The van der Waals surface area contributed by atoms with E-state index in [9.17, 15) is 0 Å². The van der Waals surface area contributed by atoms with E-state index in [1.807, 2.05) is 19.0 Å². The number of aromatic nitrogens is 1. The summed E-state index contributed by atoms with van der Waals surface area (Å²) in [6, 6.07) is 0. The smallest absolute Gasteiger partial charge is 0.240 e. The number of thiol groups is 1. The molecule has 0 radical (unpaired) electrons. The van der Waals surface area contributed by atoms with Gasteiger partial charge in [-0.2, -0.15) is 4.98 Å². The fourth-order valence-corrected chi connectivity index (χ4v) is 1.70. The van der Waals surface area contributed by atoms with Crippen LogP contribution in [0.5, 0.6) is 5.88 Å². The standard InChI is InChI=1S/C6H10N2OS2/c1-8(2)6-7-4(9-3)5(10)11-6/h10H,1-3H3. The highest BCUT2D eigenvalue weighted by Gasteiger charge is 2.08. The van der Waals surface area contributed by atoms with E-state index >= 15 is 0 Å². The van der Waals surface area contributed by atoms with Gasteiger partial charge in [0.15, 0.2) is 5.13 Å². The van der Waals surface area contributed by atoms with Crippen molar-refractivity contribution in [3.05, 3.63) is 0 Å². The molecule has 1 heterocycles. The molecule has 5 heteroatoms. The van der Waals surface area contributed by atoms with Crippen molar-refractivity contribution in [3.8, 4) is 5.88 Å². The lowest BCUT2D eigenvalue weighted by atomic mass is 10.8. The first kappa shape index (κ1) is 8.67. The second kappa shape index (κ2) is 3.32. The monoisotopic (exact) mass is 190 g/mol. The Morgan fingerprint density at radius 2 is 2.18 bits per heavy atom. The Morgan fingerprint density at radius 1 is 1.55 bits per heavy atom. The molecule has 0 bridgehead atoms. The van der Waals surface area contributed by atoms with E-state index in [4.69, 9.17) is 4.74 Å². The molecule has 0 fully saturated rings. The van der Waals surface area contributed by atoms with E-state index < -0.39 is 0 Å². The number of hydrogen-bond donors (Lipinski definition) is 1. The molecule has 0 aromatic carbocycles. The zero-order valence-electron chi connectivity index (χ0n) is 6.66. The third-order valence-corrected chi connectivity index (χ3v) is 2.62. The number of anilines is 1. The third kappa shape index (κ3) is 1.78. The Morgan fingerprint density at radius 3 is 2.45 bits per heavy atom. The van der Waals surface area contributed by atoms with Crippen LogP contribution in [0.25, 0.3) is 0 Å². The molecule has 1 aromatic heterocycles. The first-order valence-corrected chi connectivity index (χ1v) is 4.32. The summed E-state index contributed by atoms with van der Waals surface area (Å²) in [6.45, 7) is 0. The quantitative estimate of drug-likeness (QED) is 0.716. The molecule has 0 aliphatic rings. The van der Waals surface area contributed by atoms with E-state index in [1.54, 1.807) is 7.11 Å². The molecule has 0 atom stereocenters. The van der Waals surface area contributed by atoms with Gasteiger partial charge in [-0.1, -0.05) is 11.3 Å². The Balaban J connectivity index is 2.95. The van der Waals surface area contributed by atoms with E-state index in [1.165, 1.54) is 11.3 Å². The summed E-state index contributed by atoms with van der Waals surface area (Å²) in [5, 5.41) is 0.909. The average Bonchev–Trinajstić information content (AvgIpc) is 2.31. The van der Waals surface area contributed by atoms with Gasteiger partial charge in [-0.3, -0.25) is 0 Å². The van der Waals surface area contributed by atoms with Gasteiger partial charge in [-0.05, 0) is 0 Å². The van der Waals surface area contributed by atoms with Crippen molar-refractivity contribution in [2.24, 2.45) is 0 Å². The van der Waals surface area contributed by atoms with Crippen LogP contribution in [-0.4, -0.2) is 26.2 Å². The van der Waals surface area contributed by atoms with Crippen LogP contribution in [0.3, 0.4) is 0 Å². The van der Waals surface area contributed by atoms with Gasteiger partial charge in [0.25, 0.3) is 0 Å². The highest BCUT2D eigenvalue weighted by molar-refractivity contribution is 7.83. The maximum Gasteiger partial charge on any atom is 0.240 e. The summed E-state index contributed by atoms with van der Waals surface area (Å²) in [5.74, 6) is 0.599. The van der Waals surface area contributed by atoms with Gasteiger partial charge in [0.1, 0.15) is 4.21 Å². The highest BCUT2D eigenvalue weighted by Crippen LogP contribution is 2.32. The number of nitrogens with zero attached hydrogens (tertiary/aromatic N) is 2. The van der Waals surface area contributed by atoms with E-state index in [0.717, 1.165) is 9.34 Å². The van der Waals surface area contributed by atoms with Gasteiger partial charge in [0.2, 0.25) is 5.88 Å². The Bertz CT molecular complexity index is 247. The number of hydrogen-bond acceptors (Lipinski definition) is 5. The molecule has 0 unspecified atom stereocenters. The van der Waals surface area contributed by atoms with Crippen molar-refractivity contribution in [1.82, 2.24) is 4.98 Å². The highest BCUT2D eigenvalue weighted by atomic mass is 32.2. The number of thiazole rings is 1. The van der Waals surface area contributed by atoms with Crippen LogP contribution in [0.4, 0.5) is 5.13 Å². The molecule has 1 rings (SSSR count). The van der Waals surface area contributed by atoms with Gasteiger partial charge in [-0.25, -0.2) is 0 Å². The largest absolute Gasteiger partial charge is 0.480 e. The van der Waals surface area contributed by atoms with Gasteiger partial charge in [-0.15, -0.1) is 12.6 Å². The molecule has 0 saturated carbocycles. The number of rotatable bonds is 2. The van der Waals surface area contributed by atoms with Crippen LogP contribution in [-0.2, 0) is 0 Å². The van der Waals surface area contributed by atoms with Crippen LogP contribution >= 0.6 is 24.0 Å². The second-order valence-electron chi connectivity index (χ2n) is 2.21. The van der Waals surface area contributed by atoms with Gasteiger partial charge in [0, 0.05) is 14.1 Å². The lowest BCUT2D eigenvalue weighted by Gasteiger charge is -2.04. The molecule has 62 valence electrons. The molecule has 0 aliphatic heterocycles. The topological polar surface area (TPSA) is 25.4 Å². The maximum absolute atomic E-state index is 4.97. The Hall–Kier alpha value is -0.420. The number of ether oxygens (including phenoxy) is 1. The molecule has 1 aromatic rings. The number of methoxy groups -OCH3 is 1. The summed E-state index contributed by atoms with van der Waals surface area (Å²) >= 11 is 5.70. The zero-order chi connectivity index (χ0) is 8.43. The van der Waals surface area contributed by atoms with Crippen molar-refractivity contribution in [1.29, 1.82) is 0 Å². The fraction of sp³-hybridized carbons (Fsp3) is 0.500. The first-order chi connectivity index (χ1) is 5.15. The van der Waals surface area contributed by atoms with Crippen molar-refractivity contribution in [2.75, 3.05) is 26.1 Å². The van der Waals surface area contributed by atoms with Crippen molar-refractivity contribution in [2.45, 2.75) is 4.21 Å². The van der Waals surface area contributed by atoms with E-state index in [-0.39, 0.29) is 0 Å². The third-order valence-electron chi connectivity index (χ3n) is 1.14. The molecule has 0 spiro atoms. The maximum atomic E-state index is 4.97. The fourth-order valence-electron chi connectivity index (χ4n) is 0.612. The minimum Gasteiger partial charge on any atom is -0.480 e. The summed E-state index contributed by atoms with van der Waals surface area (Å²) in [6.07, 6.45) is 0. The molecular formula is C6H10N2OS2. The predicted molar refractivity (Wildman–Crippen MR) is 50.2 cm³/mol. The Kier molecular flexibility index (Phi) is 2.62. The molecule has 0 N–H and O–H groups in total. The van der Waals surface area contributed by atoms with E-state index in [0.29, 0.717) is 5.88 Å². The Labute approximate surface area is 75.4 Å². The molecule has 0 amide bonds. The molecule has 0 saturated heterocycles. The summed E-state index contributed by atoms with van der Waals surface area (Å²) in [4.78, 5) is 6.10. The average molecular weight is 190 g/mol. The summed E-state index contributed by atoms with van der Waals surface area (Å²) in [7, 11) is 5.46. The first-order valence-electron chi connectivity index (χ1n) is 3.06. The van der Waals surface area contributed by atoms with Crippen LogP contribution in [0.15, 0.2) is 4.21 Å². The molecular weight excluding hydrogens is 180 g/mol. The lowest BCUT2D eigenvalue weighted by Crippen LogP contribution is -2.07. The van der Waals surface area contributed by atoms with Crippen molar-refractivity contribution < 1.29 is 4.74 Å². The molecule has 3 nitrogen and oxygen atoms in total. The summed E-state index contributed by atoms with van der Waals surface area (Å²) in [5.41, 5.74) is 0. The SMILES string of the molecule is COc1nc(N(C)C)sc1S. The van der Waals surface area contributed by atoms with E-state index in [2.05, 4.69) is 17.6 Å². The molecule has 11 heavy (non-hydrogen) atoms. The van der Waals surface area contributed by atoms with Gasteiger partial charge in [0.05, 0.1) is 7.11 Å².